The van der Waals surface area contributed by atoms with Gasteiger partial charge in [-0.3, -0.25) is 9.98 Å². The Morgan fingerprint density at radius 2 is 1.42 bits per heavy atom. The maximum atomic E-state index is 9.26. The Labute approximate surface area is 194 Å². The van der Waals surface area contributed by atoms with Crippen molar-refractivity contribution in [2.24, 2.45) is 0 Å². The van der Waals surface area contributed by atoms with E-state index in [1.165, 1.54) is 11.8 Å². The number of rotatable bonds is 5. The van der Waals surface area contributed by atoms with Crippen LogP contribution in [-0.4, -0.2) is 25.5 Å². The SMILES string of the molecule is N#CCSc1nc2nnc(-c3ccccc3)c(-c3ccccc3)c2c(=N)n1-c1ccccc1. The average Bonchev–Trinajstić information content (AvgIpc) is 2.88. The third-order valence-electron chi connectivity index (χ3n) is 5.20. The van der Waals surface area contributed by atoms with Gasteiger partial charge in [-0.1, -0.05) is 90.6 Å². The molecular formula is C26H18N6S. The molecule has 6 nitrogen and oxygen atoms in total. The highest BCUT2D eigenvalue weighted by atomic mass is 32.2. The number of benzene rings is 3. The van der Waals surface area contributed by atoms with Gasteiger partial charge in [-0.15, -0.1) is 10.2 Å². The predicted octanol–water partition coefficient (Wildman–Crippen LogP) is 5.24. The molecule has 33 heavy (non-hydrogen) atoms. The molecule has 3 aromatic carbocycles. The lowest BCUT2D eigenvalue weighted by Crippen LogP contribution is -2.23. The molecule has 158 valence electrons. The van der Waals surface area contributed by atoms with E-state index in [-0.39, 0.29) is 11.2 Å². The summed E-state index contributed by atoms with van der Waals surface area (Å²) in [6, 6.07) is 31.5. The van der Waals surface area contributed by atoms with Crippen LogP contribution in [0.1, 0.15) is 0 Å². The molecule has 0 fully saturated rings. The molecule has 0 aliphatic carbocycles. The Balaban J connectivity index is 1.91. The van der Waals surface area contributed by atoms with Crippen LogP contribution in [-0.2, 0) is 0 Å². The average molecular weight is 447 g/mol. The third kappa shape index (κ3) is 3.88. The standard InChI is InChI=1S/C26H18N6S/c27-16-17-33-26-29-25-22(24(28)32(26)20-14-8-3-9-15-20)21(18-10-4-1-5-11-18)23(30-31-25)19-12-6-2-7-13-19/h1-15,28H,17H2. The van der Waals surface area contributed by atoms with E-state index in [0.717, 1.165) is 22.4 Å². The van der Waals surface area contributed by atoms with Gasteiger partial charge in [0.1, 0.15) is 11.2 Å². The summed E-state index contributed by atoms with van der Waals surface area (Å²) in [7, 11) is 0. The minimum atomic E-state index is 0.214. The van der Waals surface area contributed by atoms with Gasteiger partial charge in [-0.05, 0) is 17.7 Å². The van der Waals surface area contributed by atoms with Crippen LogP contribution in [0.4, 0.5) is 0 Å². The number of para-hydroxylation sites is 1. The van der Waals surface area contributed by atoms with Gasteiger partial charge in [0, 0.05) is 16.8 Å². The molecule has 0 spiro atoms. The summed E-state index contributed by atoms with van der Waals surface area (Å²) >= 11 is 1.28. The fraction of sp³-hybridized carbons (Fsp3) is 0.0385. The highest BCUT2D eigenvalue weighted by Crippen LogP contribution is 2.34. The Morgan fingerprint density at radius 1 is 0.818 bits per heavy atom. The second-order valence-electron chi connectivity index (χ2n) is 7.21. The van der Waals surface area contributed by atoms with Crippen molar-refractivity contribution in [3.63, 3.8) is 0 Å². The van der Waals surface area contributed by atoms with Crippen molar-refractivity contribution in [2.75, 3.05) is 5.75 Å². The highest BCUT2D eigenvalue weighted by molar-refractivity contribution is 7.99. The quantitative estimate of drug-likeness (QED) is 0.294. The van der Waals surface area contributed by atoms with E-state index >= 15 is 0 Å². The van der Waals surface area contributed by atoms with Gasteiger partial charge in [-0.25, -0.2) is 4.98 Å². The first kappa shape index (κ1) is 20.6. The van der Waals surface area contributed by atoms with Crippen LogP contribution in [0.25, 0.3) is 39.1 Å². The molecule has 2 heterocycles. The highest BCUT2D eigenvalue weighted by Gasteiger charge is 2.20. The first-order valence-electron chi connectivity index (χ1n) is 10.3. The van der Waals surface area contributed by atoms with E-state index in [2.05, 4.69) is 16.3 Å². The van der Waals surface area contributed by atoms with E-state index in [0.29, 0.717) is 21.9 Å². The van der Waals surface area contributed by atoms with E-state index in [1.807, 2.05) is 91.0 Å². The molecular weight excluding hydrogens is 428 g/mol. The van der Waals surface area contributed by atoms with Gasteiger partial charge in [0.15, 0.2) is 10.8 Å². The molecule has 7 heteroatoms. The summed E-state index contributed by atoms with van der Waals surface area (Å²) in [5.41, 5.74) is 4.79. The number of nitrogens with one attached hydrogen (secondary N) is 1. The van der Waals surface area contributed by atoms with Crippen molar-refractivity contribution in [2.45, 2.75) is 5.16 Å². The number of aromatic nitrogens is 4. The van der Waals surface area contributed by atoms with Gasteiger partial charge >= 0.3 is 0 Å². The Kier molecular flexibility index (Phi) is 5.66. The topological polar surface area (TPSA) is 91.2 Å². The van der Waals surface area contributed by atoms with Gasteiger partial charge in [0.2, 0.25) is 0 Å². The molecule has 5 rings (SSSR count). The molecule has 0 aliphatic rings. The van der Waals surface area contributed by atoms with Gasteiger partial charge < -0.3 is 0 Å². The van der Waals surface area contributed by atoms with Crippen LogP contribution in [0, 0.1) is 16.7 Å². The minimum absolute atomic E-state index is 0.214. The monoisotopic (exact) mass is 446 g/mol. The normalized spacial score (nSPS) is 10.8. The molecule has 0 unspecified atom stereocenters. The van der Waals surface area contributed by atoms with Crippen molar-refractivity contribution in [3.8, 4) is 34.1 Å². The zero-order chi connectivity index (χ0) is 22.6. The van der Waals surface area contributed by atoms with Gasteiger partial charge in [-0.2, -0.15) is 5.26 Å². The number of nitrogens with zero attached hydrogens (tertiary/aromatic N) is 5. The summed E-state index contributed by atoms with van der Waals surface area (Å²) in [5.74, 6) is 0.214. The number of nitriles is 1. The maximum absolute atomic E-state index is 9.26. The number of fused-ring (bicyclic) bond motifs is 1. The molecule has 5 aromatic rings. The fourth-order valence-electron chi connectivity index (χ4n) is 3.77. The van der Waals surface area contributed by atoms with Crippen molar-refractivity contribution in [1.82, 2.24) is 19.7 Å². The lowest BCUT2D eigenvalue weighted by molar-refractivity contribution is 0.782. The summed E-state index contributed by atoms with van der Waals surface area (Å²) in [4.78, 5) is 4.75. The summed E-state index contributed by atoms with van der Waals surface area (Å²) in [6.45, 7) is 0. The second-order valence-corrected chi connectivity index (χ2v) is 8.16. The van der Waals surface area contributed by atoms with E-state index in [4.69, 9.17) is 10.2 Å². The second kappa shape index (κ2) is 9.07. The van der Waals surface area contributed by atoms with Gasteiger partial charge in [0.05, 0.1) is 17.2 Å². The molecule has 0 bridgehead atoms. The lowest BCUT2D eigenvalue weighted by atomic mass is 9.97. The summed E-state index contributed by atoms with van der Waals surface area (Å²) < 4.78 is 1.77. The van der Waals surface area contributed by atoms with Crippen molar-refractivity contribution in [3.05, 3.63) is 96.5 Å². The molecule has 2 aromatic heterocycles. The largest absolute Gasteiger partial charge is 0.283 e. The number of hydrogen-bond acceptors (Lipinski definition) is 6. The molecule has 0 amide bonds. The van der Waals surface area contributed by atoms with Crippen LogP contribution in [0.15, 0.2) is 96.2 Å². The molecule has 0 saturated heterocycles. The Bertz CT molecular complexity index is 1520. The van der Waals surface area contributed by atoms with Crippen LogP contribution in [0.5, 0.6) is 0 Å². The number of hydrogen-bond donors (Lipinski definition) is 1. The predicted molar refractivity (Wildman–Crippen MR) is 130 cm³/mol. The zero-order valence-corrected chi connectivity index (χ0v) is 18.3. The maximum Gasteiger partial charge on any atom is 0.188 e. The first-order chi connectivity index (χ1) is 16.3. The fourth-order valence-corrected chi connectivity index (χ4v) is 4.44. The zero-order valence-electron chi connectivity index (χ0n) is 17.5. The molecule has 1 N–H and O–H groups in total. The third-order valence-corrected chi connectivity index (χ3v) is 6.00. The van der Waals surface area contributed by atoms with Crippen molar-refractivity contribution >= 4 is 22.8 Å². The summed E-state index contributed by atoms with van der Waals surface area (Å²) in [6.07, 6.45) is 0. The van der Waals surface area contributed by atoms with E-state index in [9.17, 15) is 5.41 Å². The lowest BCUT2D eigenvalue weighted by Gasteiger charge is -2.17. The summed E-state index contributed by atoms with van der Waals surface area (Å²) in [5, 5.41) is 28.5. The molecule has 0 saturated carbocycles. The van der Waals surface area contributed by atoms with Crippen LogP contribution >= 0.6 is 11.8 Å². The van der Waals surface area contributed by atoms with E-state index in [1.54, 1.807) is 4.57 Å². The van der Waals surface area contributed by atoms with Gasteiger partial charge in [0.25, 0.3) is 0 Å². The van der Waals surface area contributed by atoms with Crippen molar-refractivity contribution in [1.29, 1.82) is 10.7 Å². The molecule has 0 radical (unpaired) electrons. The Morgan fingerprint density at radius 3 is 2.06 bits per heavy atom. The minimum Gasteiger partial charge on any atom is -0.283 e. The smallest absolute Gasteiger partial charge is 0.188 e. The van der Waals surface area contributed by atoms with Crippen LogP contribution < -0.4 is 5.49 Å². The number of thioether (sulfide) groups is 1. The Hall–Kier alpha value is -4.28. The van der Waals surface area contributed by atoms with Crippen molar-refractivity contribution < 1.29 is 0 Å². The van der Waals surface area contributed by atoms with E-state index < -0.39 is 0 Å². The first-order valence-corrected chi connectivity index (χ1v) is 11.3. The molecule has 0 aliphatic heterocycles. The van der Waals surface area contributed by atoms with Crippen LogP contribution in [0.3, 0.4) is 0 Å². The van der Waals surface area contributed by atoms with Crippen LogP contribution in [0.2, 0.25) is 0 Å². The molecule has 0 atom stereocenters.